The van der Waals surface area contributed by atoms with E-state index in [1.807, 2.05) is 13.8 Å². The Labute approximate surface area is 120 Å². The molecule has 1 aromatic heterocycles. The number of hydrogen-bond donors (Lipinski definition) is 1. The molecule has 0 aromatic carbocycles. The maximum atomic E-state index is 12.6. The van der Waals surface area contributed by atoms with Gasteiger partial charge in [0.1, 0.15) is 10.6 Å². The molecule has 110 valence electrons. The number of aromatic nitrogens is 1. The summed E-state index contributed by atoms with van der Waals surface area (Å²) in [5.74, 6) is 0.353. The van der Waals surface area contributed by atoms with Crippen LogP contribution in [-0.4, -0.2) is 43.1 Å². The second-order valence-electron chi connectivity index (χ2n) is 4.75. The molecule has 6 nitrogen and oxygen atoms in total. The highest BCUT2D eigenvalue weighted by Crippen LogP contribution is 2.26. The van der Waals surface area contributed by atoms with Crippen molar-refractivity contribution in [2.24, 2.45) is 0 Å². The highest BCUT2D eigenvalue weighted by Gasteiger charge is 2.37. The van der Waals surface area contributed by atoms with Gasteiger partial charge in [-0.1, -0.05) is 5.16 Å². The predicted molar refractivity (Wildman–Crippen MR) is 74.0 cm³/mol. The average molecular weight is 310 g/mol. The Morgan fingerprint density at radius 3 is 2.53 bits per heavy atom. The van der Waals surface area contributed by atoms with Crippen molar-refractivity contribution in [1.29, 1.82) is 0 Å². The van der Waals surface area contributed by atoms with Crippen LogP contribution in [0.25, 0.3) is 0 Å². The Morgan fingerprint density at radius 2 is 2.00 bits per heavy atom. The normalized spacial score (nSPS) is 25.1. The first-order valence-corrected chi connectivity index (χ1v) is 7.48. The third-order valence-corrected chi connectivity index (χ3v) is 5.74. The van der Waals surface area contributed by atoms with Crippen LogP contribution in [0, 0.1) is 13.8 Å². The molecule has 0 bridgehead atoms. The van der Waals surface area contributed by atoms with Crippen molar-refractivity contribution in [3.8, 4) is 0 Å². The average Bonchev–Trinajstić information content (AvgIpc) is 2.62. The van der Waals surface area contributed by atoms with Crippen LogP contribution in [-0.2, 0) is 10.0 Å². The third kappa shape index (κ3) is 2.79. The molecule has 2 rings (SSSR count). The number of sulfonamides is 1. The molecule has 1 aliphatic heterocycles. The van der Waals surface area contributed by atoms with Crippen molar-refractivity contribution in [2.75, 3.05) is 13.1 Å². The Balaban J connectivity index is 0.00000180. The van der Waals surface area contributed by atoms with Crippen LogP contribution in [0.3, 0.4) is 0 Å². The van der Waals surface area contributed by atoms with E-state index in [2.05, 4.69) is 10.5 Å². The number of halogens is 1. The van der Waals surface area contributed by atoms with Crippen molar-refractivity contribution in [1.82, 2.24) is 14.8 Å². The molecule has 0 aliphatic carbocycles. The molecule has 0 radical (unpaired) electrons. The summed E-state index contributed by atoms with van der Waals surface area (Å²) >= 11 is 0. The van der Waals surface area contributed by atoms with Crippen LogP contribution in [0.1, 0.15) is 25.3 Å². The fourth-order valence-electron chi connectivity index (χ4n) is 2.33. The molecule has 0 amide bonds. The Hall–Kier alpha value is -0.630. The smallest absolute Gasteiger partial charge is 0.248 e. The second kappa shape index (κ2) is 5.78. The first-order valence-electron chi connectivity index (χ1n) is 6.04. The van der Waals surface area contributed by atoms with Crippen LogP contribution in [0.5, 0.6) is 0 Å². The molecule has 1 N–H and O–H groups in total. The standard InChI is InChI=1S/C11H19N3O3S.ClH/c1-7-9(3)14(6-5-12-7)18(15,16)11-8(2)13-17-10(11)4;/h7,9,12H,5-6H2,1-4H3;1H. The van der Waals surface area contributed by atoms with Gasteiger partial charge < -0.3 is 9.84 Å². The molecule has 1 saturated heterocycles. The maximum absolute atomic E-state index is 12.6. The lowest BCUT2D eigenvalue weighted by molar-refractivity contribution is 0.232. The number of nitrogens with one attached hydrogen (secondary N) is 1. The summed E-state index contributed by atoms with van der Waals surface area (Å²) in [5.41, 5.74) is 0.422. The van der Waals surface area contributed by atoms with Crippen LogP contribution in [0.15, 0.2) is 9.42 Å². The largest absolute Gasteiger partial charge is 0.360 e. The Bertz CT molecular complexity index is 524. The molecule has 2 heterocycles. The number of piperazine rings is 1. The lowest BCUT2D eigenvalue weighted by Crippen LogP contribution is -2.57. The summed E-state index contributed by atoms with van der Waals surface area (Å²) in [6.45, 7) is 8.31. The van der Waals surface area contributed by atoms with Gasteiger partial charge in [0.2, 0.25) is 10.0 Å². The molecule has 0 spiro atoms. The van der Waals surface area contributed by atoms with Gasteiger partial charge in [-0.15, -0.1) is 12.4 Å². The summed E-state index contributed by atoms with van der Waals surface area (Å²) in [7, 11) is -3.53. The first kappa shape index (κ1) is 16.4. The predicted octanol–water partition coefficient (Wildman–Crippen LogP) is 1.08. The van der Waals surface area contributed by atoms with E-state index >= 15 is 0 Å². The van der Waals surface area contributed by atoms with Crippen molar-refractivity contribution in [3.05, 3.63) is 11.5 Å². The third-order valence-electron chi connectivity index (χ3n) is 3.51. The van der Waals surface area contributed by atoms with Gasteiger partial charge in [0.25, 0.3) is 0 Å². The summed E-state index contributed by atoms with van der Waals surface area (Å²) in [4.78, 5) is 0.212. The van der Waals surface area contributed by atoms with Crippen LogP contribution in [0.2, 0.25) is 0 Å². The quantitative estimate of drug-likeness (QED) is 0.885. The zero-order valence-corrected chi connectivity index (χ0v) is 13.1. The van der Waals surface area contributed by atoms with E-state index in [4.69, 9.17) is 4.52 Å². The van der Waals surface area contributed by atoms with E-state index in [-0.39, 0.29) is 29.4 Å². The first-order chi connectivity index (χ1) is 8.35. The van der Waals surface area contributed by atoms with Crippen molar-refractivity contribution >= 4 is 22.4 Å². The number of hydrogen-bond acceptors (Lipinski definition) is 5. The summed E-state index contributed by atoms with van der Waals surface area (Å²) in [6, 6.07) is 0.0476. The van der Waals surface area contributed by atoms with Gasteiger partial charge in [-0.25, -0.2) is 8.42 Å². The van der Waals surface area contributed by atoms with E-state index in [0.717, 1.165) is 0 Å². The van der Waals surface area contributed by atoms with Crippen molar-refractivity contribution < 1.29 is 12.9 Å². The molecule has 2 atom stereocenters. The molecular formula is C11H20ClN3O3S. The number of aryl methyl sites for hydroxylation is 2. The number of nitrogens with zero attached hydrogens (tertiary/aromatic N) is 2. The minimum atomic E-state index is -3.53. The lowest BCUT2D eigenvalue weighted by atomic mass is 10.1. The minimum Gasteiger partial charge on any atom is -0.360 e. The number of rotatable bonds is 2. The Morgan fingerprint density at radius 1 is 1.37 bits per heavy atom. The van der Waals surface area contributed by atoms with Gasteiger partial charge in [-0.3, -0.25) is 0 Å². The highest BCUT2D eigenvalue weighted by atomic mass is 35.5. The monoisotopic (exact) mass is 309 g/mol. The summed E-state index contributed by atoms with van der Waals surface area (Å²) in [5, 5.41) is 6.99. The molecular weight excluding hydrogens is 290 g/mol. The molecule has 0 saturated carbocycles. The van der Waals surface area contributed by atoms with Gasteiger partial charge in [0, 0.05) is 25.2 Å². The van der Waals surface area contributed by atoms with Crippen LogP contribution in [0.4, 0.5) is 0 Å². The van der Waals surface area contributed by atoms with Gasteiger partial charge >= 0.3 is 0 Å². The van der Waals surface area contributed by atoms with E-state index in [0.29, 0.717) is 24.5 Å². The van der Waals surface area contributed by atoms with Crippen LogP contribution >= 0.6 is 12.4 Å². The van der Waals surface area contributed by atoms with E-state index in [9.17, 15) is 8.42 Å². The molecule has 8 heteroatoms. The van der Waals surface area contributed by atoms with E-state index in [1.54, 1.807) is 13.8 Å². The molecule has 2 unspecified atom stereocenters. The van der Waals surface area contributed by atoms with Gasteiger partial charge in [-0.05, 0) is 27.7 Å². The molecule has 1 fully saturated rings. The molecule has 19 heavy (non-hydrogen) atoms. The van der Waals surface area contributed by atoms with Crippen molar-refractivity contribution in [3.63, 3.8) is 0 Å². The Kier molecular flexibility index (Phi) is 5.00. The fourth-order valence-corrected chi connectivity index (χ4v) is 4.32. The van der Waals surface area contributed by atoms with Crippen molar-refractivity contribution in [2.45, 2.75) is 44.7 Å². The second-order valence-corrected chi connectivity index (χ2v) is 6.58. The summed E-state index contributed by atoms with van der Waals surface area (Å²) in [6.07, 6.45) is 0. The topological polar surface area (TPSA) is 75.4 Å². The van der Waals surface area contributed by atoms with Crippen LogP contribution < -0.4 is 5.32 Å². The molecule has 1 aromatic rings. The van der Waals surface area contributed by atoms with Gasteiger partial charge in [-0.2, -0.15) is 4.31 Å². The minimum absolute atomic E-state index is 0. The maximum Gasteiger partial charge on any atom is 0.248 e. The highest BCUT2D eigenvalue weighted by molar-refractivity contribution is 7.89. The van der Waals surface area contributed by atoms with Gasteiger partial charge in [0.15, 0.2) is 5.76 Å². The molecule has 1 aliphatic rings. The fraction of sp³-hybridized carbons (Fsp3) is 0.727. The van der Waals surface area contributed by atoms with E-state index in [1.165, 1.54) is 4.31 Å². The SMILES string of the molecule is Cc1noc(C)c1S(=O)(=O)N1CCNC(C)C1C.Cl. The lowest BCUT2D eigenvalue weighted by Gasteiger charge is -2.37. The van der Waals surface area contributed by atoms with E-state index < -0.39 is 10.0 Å². The van der Waals surface area contributed by atoms with Gasteiger partial charge in [0.05, 0.1) is 0 Å². The zero-order chi connectivity index (χ0) is 13.5. The zero-order valence-electron chi connectivity index (χ0n) is 11.5. The summed E-state index contributed by atoms with van der Waals surface area (Å²) < 4.78 is 31.8.